The molecule has 5 N–H and O–H groups in total. The fourth-order valence-electron chi connectivity index (χ4n) is 2.62. The summed E-state index contributed by atoms with van der Waals surface area (Å²) in [5, 5.41) is 19.3. The van der Waals surface area contributed by atoms with E-state index in [1.165, 1.54) is 0 Å². The van der Waals surface area contributed by atoms with Crippen molar-refractivity contribution in [1.29, 1.82) is 0 Å². The molecule has 3 heterocycles. The molecule has 1 saturated heterocycles. The lowest BCUT2D eigenvalue weighted by Gasteiger charge is -2.25. The van der Waals surface area contributed by atoms with Crippen LogP contribution in [-0.4, -0.2) is 54.2 Å². The molecule has 2 aromatic heterocycles. The van der Waals surface area contributed by atoms with Crippen molar-refractivity contribution < 1.29 is 19.3 Å². The molecule has 0 aromatic carbocycles. The maximum absolute atomic E-state index is 15.3. The number of aliphatic hydroxyl groups excluding tert-OH is 2. The third-order valence-corrected chi connectivity index (χ3v) is 3.69. The molecule has 23 heavy (non-hydrogen) atoms. The zero-order valence-corrected chi connectivity index (χ0v) is 11.8. The molecule has 9 nitrogen and oxygen atoms in total. The Balaban J connectivity index is 2.20. The molecule has 3 rings (SSSR count). The zero-order valence-electron chi connectivity index (χ0n) is 11.8. The van der Waals surface area contributed by atoms with Crippen LogP contribution in [0.3, 0.4) is 0 Å². The van der Waals surface area contributed by atoms with Crippen LogP contribution in [0.4, 0.5) is 10.3 Å². The van der Waals surface area contributed by atoms with Crippen molar-refractivity contribution in [1.82, 2.24) is 19.5 Å². The van der Waals surface area contributed by atoms with Gasteiger partial charge in [0.1, 0.15) is 12.2 Å². The standard InChI is InChI=1S/C13H14FN5O4/c1-2-3-13(14)8(21)6(4-20)23-11(13)19-5-16-7-9(19)17-12(15)18-10(7)22/h3,5-6,8,11,20-21H,1,4H2,(H3,15,17,18,22)/t6-,8-,11-,13-/m1/s1. The van der Waals surface area contributed by atoms with Crippen molar-refractivity contribution in [3.8, 4) is 0 Å². The molecule has 2 aromatic rings. The lowest BCUT2D eigenvalue weighted by Crippen LogP contribution is -2.41. The van der Waals surface area contributed by atoms with E-state index >= 15 is 4.39 Å². The van der Waals surface area contributed by atoms with E-state index < -0.39 is 36.3 Å². The predicted octanol–water partition coefficient (Wildman–Crippen LogP) is -0.998. The second kappa shape index (κ2) is 5.28. The molecule has 122 valence electrons. The minimum atomic E-state index is -2.44. The number of H-pyrrole nitrogens is 1. The highest BCUT2D eigenvalue weighted by Gasteiger charge is 2.57. The summed E-state index contributed by atoms with van der Waals surface area (Å²) in [7, 11) is 0. The van der Waals surface area contributed by atoms with Gasteiger partial charge in [-0.2, -0.15) is 4.98 Å². The number of imidazole rings is 1. The summed E-state index contributed by atoms with van der Waals surface area (Å²) >= 11 is 0. The van der Waals surface area contributed by atoms with Gasteiger partial charge in [0.15, 0.2) is 17.4 Å². The largest absolute Gasteiger partial charge is 0.394 e. The van der Waals surface area contributed by atoms with Gasteiger partial charge in [0, 0.05) is 6.08 Å². The van der Waals surface area contributed by atoms with E-state index in [1.807, 2.05) is 0 Å². The number of alkyl halides is 1. The first kappa shape index (κ1) is 15.4. The first-order valence-corrected chi connectivity index (χ1v) is 6.65. The van der Waals surface area contributed by atoms with Gasteiger partial charge >= 0.3 is 0 Å². The molecule has 4 atom stereocenters. The molecule has 0 aliphatic carbocycles. The van der Waals surface area contributed by atoms with Crippen LogP contribution in [0.15, 0.2) is 29.5 Å². The van der Waals surface area contributed by atoms with Crippen molar-refractivity contribution in [2.45, 2.75) is 24.1 Å². The summed E-state index contributed by atoms with van der Waals surface area (Å²) in [6, 6.07) is 0. The maximum atomic E-state index is 15.3. The normalized spacial score (nSPS) is 30.5. The van der Waals surface area contributed by atoms with Crippen molar-refractivity contribution in [3.05, 3.63) is 35.1 Å². The van der Waals surface area contributed by atoms with Crippen LogP contribution in [0.5, 0.6) is 0 Å². The highest BCUT2D eigenvalue weighted by atomic mass is 19.1. The Kier molecular flexibility index (Phi) is 3.53. The Labute approximate surface area is 128 Å². The number of nitrogens with two attached hydrogens (primary N) is 1. The molecule has 0 amide bonds. The van der Waals surface area contributed by atoms with E-state index in [4.69, 9.17) is 10.5 Å². The zero-order chi connectivity index (χ0) is 16.8. The van der Waals surface area contributed by atoms with Gasteiger partial charge in [-0.05, 0) is 0 Å². The van der Waals surface area contributed by atoms with Crippen molar-refractivity contribution in [2.24, 2.45) is 0 Å². The lowest BCUT2D eigenvalue weighted by molar-refractivity contribution is -0.0515. The fraction of sp³-hybridized carbons (Fsp3) is 0.385. The number of rotatable bonds is 3. The summed E-state index contributed by atoms with van der Waals surface area (Å²) in [6.45, 7) is 2.70. The molecular formula is C13H14FN5O4. The number of aliphatic hydroxyl groups is 2. The van der Waals surface area contributed by atoms with Gasteiger partial charge < -0.3 is 20.7 Å². The van der Waals surface area contributed by atoms with Crippen LogP contribution < -0.4 is 11.3 Å². The number of ether oxygens (including phenoxy) is 1. The van der Waals surface area contributed by atoms with Crippen LogP contribution >= 0.6 is 0 Å². The average molecular weight is 323 g/mol. The summed E-state index contributed by atoms with van der Waals surface area (Å²) < 4.78 is 21.8. The average Bonchev–Trinajstić information content (AvgIpc) is 3.01. The number of nitrogens with one attached hydrogen (secondary N) is 1. The van der Waals surface area contributed by atoms with Gasteiger partial charge in [-0.3, -0.25) is 14.3 Å². The van der Waals surface area contributed by atoms with E-state index in [1.54, 1.807) is 0 Å². The smallest absolute Gasteiger partial charge is 0.280 e. The van der Waals surface area contributed by atoms with Crippen LogP contribution in [0.1, 0.15) is 6.23 Å². The SMILES string of the molecule is C=C=C[C@@]1(F)[C@H](O)[C@@H](CO)O[C@H]1n1cnc2c(=O)[nH]c(N)nc21. The number of anilines is 1. The first-order valence-electron chi connectivity index (χ1n) is 6.65. The van der Waals surface area contributed by atoms with Gasteiger partial charge in [0.25, 0.3) is 5.56 Å². The summed E-state index contributed by atoms with van der Waals surface area (Å²) in [5.74, 6) is -0.176. The van der Waals surface area contributed by atoms with Crippen molar-refractivity contribution >= 4 is 17.1 Å². The van der Waals surface area contributed by atoms with E-state index in [9.17, 15) is 15.0 Å². The molecular weight excluding hydrogens is 309 g/mol. The minimum Gasteiger partial charge on any atom is -0.394 e. The summed E-state index contributed by atoms with van der Waals surface area (Å²) in [4.78, 5) is 21.9. The van der Waals surface area contributed by atoms with E-state index in [0.717, 1.165) is 17.0 Å². The van der Waals surface area contributed by atoms with Crippen LogP contribution in [0, 0.1) is 0 Å². The van der Waals surface area contributed by atoms with Crippen molar-refractivity contribution in [2.75, 3.05) is 12.3 Å². The van der Waals surface area contributed by atoms with Gasteiger partial charge in [-0.25, -0.2) is 9.37 Å². The van der Waals surface area contributed by atoms with Crippen LogP contribution in [0.2, 0.25) is 0 Å². The summed E-state index contributed by atoms with van der Waals surface area (Å²) in [6.07, 6.45) is -2.22. The third kappa shape index (κ3) is 2.16. The molecule has 0 radical (unpaired) electrons. The highest BCUT2D eigenvalue weighted by molar-refractivity contribution is 5.70. The predicted molar refractivity (Wildman–Crippen MR) is 77.1 cm³/mol. The molecule has 1 aliphatic heterocycles. The molecule has 10 heteroatoms. The Hall–Kier alpha value is -2.52. The Bertz CT molecular complexity index is 858. The van der Waals surface area contributed by atoms with E-state index in [0.29, 0.717) is 0 Å². The molecule has 0 bridgehead atoms. The lowest BCUT2D eigenvalue weighted by atomic mass is 9.96. The Morgan fingerprint density at radius 2 is 2.43 bits per heavy atom. The van der Waals surface area contributed by atoms with Crippen LogP contribution in [0.25, 0.3) is 11.2 Å². The summed E-state index contributed by atoms with van der Waals surface area (Å²) in [5.41, 5.74) is 4.66. The molecule has 0 spiro atoms. The molecule has 1 aliphatic rings. The number of halogens is 1. The van der Waals surface area contributed by atoms with E-state index in [2.05, 4.69) is 27.3 Å². The second-order valence-electron chi connectivity index (χ2n) is 5.11. The number of hydrogen-bond acceptors (Lipinski definition) is 7. The quantitative estimate of drug-likeness (QED) is 0.531. The topological polar surface area (TPSA) is 139 Å². The van der Waals surface area contributed by atoms with Gasteiger partial charge in [0.2, 0.25) is 11.6 Å². The third-order valence-electron chi connectivity index (χ3n) is 3.69. The monoisotopic (exact) mass is 323 g/mol. The number of nitrogens with zero attached hydrogens (tertiary/aromatic N) is 3. The second-order valence-corrected chi connectivity index (χ2v) is 5.11. The molecule has 0 unspecified atom stereocenters. The number of aromatic nitrogens is 4. The van der Waals surface area contributed by atoms with Crippen LogP contribution in [-0.2, 0) is 4.74 Å². The maximum Gasteiger partial charge on any atom is 0.280 e. The highest BCUT2D eigenvalue weighted by Crippen LogP contribution is 2.43. The van der Waals surface area contributed by atoms with Gasteiger partial charge in [-0.15, -0.1) is 5.73 Å². The van der Waals surface area contributed by atoms with Gasteiger partial charge in [0.05, 0.1) is 12.9 Å². The Morgan fingerprint density at radius 1 is 1.70 bits per heavy atom. The number of nitrogen functional groups attached to an aromatic ring is 1. The molecule has 0 saturated carbocycles. The number of aromatic amines is 1. The Morgan fingerprint density at radius 3 is 3.09 bits per heavy atom. The minimum absolute atomic E-state index is 0.0125. The fourth-order valence-corrected chi connectivity index (χ4v) is 2.62. The van der Waals surface area contributed by atoms with Gasteiger partial charge in [-0.1, -0.05) is 6.58 Å². The number of hydrogen-bond donors (Lipinski definition) is 4. The van der Waals surface area contributed by atoms with Crippen molar-refractivity contribution in [3.63, 3.8) is 0 Å². The van der Waals surface area contributed by atoms with E-state index in [-0.39, 0.29) is 17.1 Å². The number of fused-ring (bicyclic) bond motifs is 1. The molecule has 1 fully saturated rings. The first-order chi connectivity index (χ1) is 10.9.